The second-order valence-corrected chi connectivity index (χ2v) is 3.81. The summed E-state index contributed by atoms with van der Waals surface area (Å²) < 4.78 is 0. The van der Waals surface area contributed by atoms with Gasteiger partial charge >= 0.3 is 0 Å². The van der Waals surface area contributed by atoms with Crippen LogP contribution in [0, 0.1) is 0 Å². The molecule has 78 valence electrons. The molecule has 0 saturated carbocycles. The summed E-state index contributed by atoms with van der Waals surface area (Å²) in [5.41, 5.74) is 8.88. The molecular formula is C10H23N3. The Morgan fingerprint density at radius 3 is 2.38 bits per heavy atom. The number of hydrogen-bond acceptors (Lipinski definition) is 3. The average molecular weight is 185 g/mol. The van der Waals surface area contributed by atoms with Gasteiger partial charge < -0.3 is 5.73 Å². The molecule has 0 radical (unpaired) electrons. The first kappa shape index (κ1) is 11.0. The van der Waals surface area contributed by atoms with Gasteiger partial charge in [-0.05, 0) is 32.2 Å². The van der Waals surface area contributed by atoms with Crippen molar-refractivity contribution in [3.8, 4) is 0 Å². The maximum Gasteiger partial charge on any atom is 0.0131 e. The molecule has 3 N–H and O–H groups in total. The maximum absolute atomic E-state index is 5.42. The Hall–Kier alpha value is -0.120. The van der Waals surface area contributed by atoms with Gasteiger partial charge in [0.1, 0.15) is 0 Å². The van der Waals surface area contributed by atoms with Crippen molar-refractivity contribution in [1.29, 1.82) is 0 Å². The fourth-order valence-electron chi connectivity index (χ4n) is 1.74. The van der Waals surface area contributed by atoms with Gasteiger partial charge in [0.25, 0.3) is 0 Å². The summed E-state index contributed by atoms with van der Waals surface area (Å²) in [6.07, 6.45) is 7.80. The molecule has 1 heterocycles. The zero-order valence-electron chi connectivity index (χ0n) is 8.60. The number of unbranched alkanes of at least 4 members (excludes halogenated alkanes) is 3. The first-order chi connectivity index (χ1) is 6.43. The molecule has 1 aliphatic rings. The van der Waals surface area contributed by atoms with Gasteiger partial charge in [0.05, 0.1) is 0 Å². The second-order valence-electron chi connectivity index (χ2n) is 3.81. The predicted octanol–water partition coefficient (Wildman–Crippen LogP) is 1.11. The van der Waals surface area contributed by atoms with E-state index >= 15 is 0 Å². The zero-order valence-corrected chi connectivity index (χ0v) is 8.60. The molecule has 13 heavy (non-hydrogen) atoms. The van der Waals surface area contributed by atoms with E-state index in [1.807, 2.05) is 0 Å². The summed E-state index contributed by atoms with van der Waals surface area (Å²) >= 11 is 0. The van der Waals surface area contributed by atoms with Crippen LogP contribution in [0.15, 0.2) is 0 Å². The lowest BCUT2D eigenvalue weighted by molar-refractivity contribution is 0.233. The molecule has 1 aliphatic heterocycles. The normalized spacial score (nSPS) is 18.2. The van der Waals surface area contributed by atoms with Crippen LogP contribution in [-0.4, -0.2) is 31.2 Å². The minimum absolute atomic E-state index is 0.847. The highest BCUT2D eigenvalue weighted by molar-refractivity contribution is 4.61. The highest BCUT2D eigenvalue weighted by Gasteiger charge is 2.09. The monoisotopic (exact) mass is 185 g/mol. The second kappa shape index (κ2) is 7.30. The van der Waals surface area contributed by atoms with Crippen molar-refractivity contribution in [3.05, 3.63) is 0 Å². The molecule has 0 unspecified atom stereocenters. The van der Waals surface area contributed by atoms with Crippen molar-refractivity contribution in [2.45, 2.75) is 38.5 Å². The average Bonchev–Trinajstić information content (AvgIpc) is 2.63. The summed E-state index contributed by atoms with van der Waals surface area (Å²) in [6.45, 7) is 4.47. The molecule has 0 aromatic carbocycles. The van der Waals surface area contributed by atoms with E-state index in [0.717, 1.165) is 13.1 Å². The van der Waals surface area contributed by atoms with Crippen LogP contribution < -0.4 is 11.2 Å². The van der Waals surface area contributed by atoms with Gasteiger partial charge in [-0.3, -0.25) is 5.43 Å². The van der Waals surface area contributed by atoms with E-state index in [2.05, 4.69) is 10.4 Å². The maximum atomic E-state index is 5.42. The standard InChI is InChI=1S/C10H23N3/c11-7-3-1-2-4-8-12-13-9-5-6-10-13/h12H,1-11H2. The molecule has 3 nitrogen and oxygen atoms in total. The molecule has 0 aromatic heterocycles. The van der Waals surface area contributed by atoms with Gasteiger partial charge in [0.15, 0.2) is 0 Å². The number of hydrazine groups is 1. The molecule has 1 fully saturated rings. The molecule has 0 aromatic rings. The Morgan fingerprint density at radius 1 is 1.00 bits per heavy atom. The molecule has 1 saturated heterocycles. The lowest BCUT2D eigenvalue weighted by Crippen LogP contribution is -2.35. The molecule has 1 rings (SSSR count). The van der Waals surface area contributed by atoms with E-state index in [1.165, 1.54) is 51.6 Å². The summed E-state index contributed by atoms with van der Waals surface area (Å²) in [6, 6.07) is 0. The van der Waals surface area contributed by atoms with Gasteiger partial charge in [-0.15, -0.1) is 0 Å². The van der Waals surface area contributed by atoms with Crippen LogP contribution >= 0.6 is 0 Å². The largest absolute Gasteiger partial charge is 0.330 e. The van der Waals surface area contributed by atoms with E-state index in [4.69, 9.17) is 5.73 Å². The smallest absolute Gasteiger partial charge is 0.0131 e. The summed E-state index contributed by atoms with van der Waals surface area (Å²) in [4.78, 5) is 0. The Kier molecular flexibility index (Phi) is 6.15. The van der Waals surface area contributed by atoms with Crippen LogP contribution in [0.3, 0.4) is 0 Å². The topological polar surface area (TPSA) is 41.3 Å². The first-order valence-electron chi connectivity index (χ1n) is 5.62. The van der Waals surface area contributed by atoms with Crippen LogP contribution in [0.1, 0.15) is 38.5 Å². The first-order valence-corrected chi connectivity index (χ1v) is 5.62. The van der Waals surface area contributed by atoms with Gasteiger partial charge in [-0.1, -0.05) is 12.8 Å². The highest BCUT2D eigenvalue weighted by atomic mass is 15.5. The minimum atomic E-state index is 0.847. The van der Waals surface area contributed by atoms with E-state index in [9.17, 15) is 0 Å². The summed E-state index contributed by atoms with van der Waals surface area (Å²) in [5.74, 6) is 0. The third-order valence-electron chi connectivity index (χ3n) is 2.57. The third-order valence-corrected chi connectivity index (χ3v) is 2.57. The Balaban J connectivity index is 1.78. The van der Waals surface area contributed by atoms with Crippen LogP contribution in [0.2, 0.25) is 0 Å². The van der Waals surface area contributed by atoms with E-state index in [0.29, 0.717) is 0 Å². The molecule has 0 bridgehead atoms. The number of nitrogens with zero attached hydrogens (tertiary/aromatic N) is 1. The van der Waals surface area contributed by atoms with Crippen molar-refractivity contribution in [2.24, 2.45) is 5.73 Å². The number of nitrogens with two attached hydrogens (primary N) is 1. The SMILES string of the molecule is NCCCCCCNN1CCCC1. The van der Waals surface area contributed by atoms with Crippen molar-refractivity contribution in [2.75, 3.05) is 26.2 Å². The van der Waals surface area contributed by atoms with Crippen LogP contribution in [-0.2, 0) is 0 Å². The fraction of sp³-hybridized carbons (Fsp3) is 1.00. The number of nitrogens with one attached hydrogen (secondary N) is 1. The van der Waals surface area contributed by atoms with Crippen LogP contribution in [0.5, 0.6) is 0 Å². The van der Waals surface area contributed by atoms with E-state index in [1.54, 1.807) is 0 Å². The fourth-order valence-corrected chi connectivity index (χ4v) is 1.74. The quantitative estimate of drug-likeness (QED) is 0.584. The van der Waals surface area contributed by atoms with Gasteiger partial charge in [-0.25, -0.2) is 5.01 Å². The van der Waals surface area contributed by atoms with Crippen molar-refractivity contribution in [1.82, 2.24) is 10.4 Å². The summed E-state index contributed by atoms with van der Waals surface area (Å²) in [5, 5.41) is 2.35. The van der Waals surface area contributed by atoms with Gasteiger partial charge in [-0.2, -0.15) is 0 Å². The molecule has 3 heteroatoms. The molecular weight excluding hydrogens is 162 g/mol. The summed E-state index contributed by atoms with van der Waals surface area (Å²) in [7, 11) is 0. The predicted molar refractivity (Wildman–Crippen MR) is 56.3 cm³/mol. The van der Waals surface area contributed by atoms with Crippen LogP contribution in [0.4, 0.5) is 0 Å². The molecule has 0 aliphatic carbocycles. The number of rotatable bonds is 7. The number of hydrogen-bond donors (Lipinski definition) is 2. The lowest BCUT2D eigenvalue weighted by atomic mass is 10.2. The van der Waals surface area contributed by atoms with E-state index < -0.39 is 0 Å². The van der Waals surface area contributed by atoms with Gasteiger partial charge in [0, 0.05) is 19.6 Å². The Bertz CT molecular complexity index is 111. The van der Waals surface area contributed by atoms with Crippen LogP contribution in [0.25, 0.3) is 0 Å². The third kappa shape index (κ3) is 5.24. The highest BCUT2D eigenvalue weighted by Crippen LogP contribution is 2.04. The Labute approximate surface area is 81.6 Å². The minimum Gasteiger partial charge on any atom is -0.330 e. The lowest BCUT2D eigenvalue weighted by Gasteiger charge is -2.15. The van der Waals surface area contributed by atoms with Crippen molar-refractivity contribution >= 4 is 0 Å². The molecule has 0 atom stereocenters. The van der Waals surface area contributed by atoms with Crippen molar-refractivity contribution < 1.29 is 0 Å². The molecule has 0 spiro atoms. The van der Waals surface area contributed by atoms with Crippen molar-refractivity contribution in [3.63, 3.8) is 0 Å². The molecule has 0 amide bonds. The zero-order chi connectivity index (χ0) is 9.36. The van der Waals surface area contributed by atoms with Gasteiger partial charge in [0.2, 0.25) is 0 Å². The van der Waals surface area contributed by atoms with E-state index in [-0.39, 0.29) is 0 Å². The Morgan fingerprint density at radius 2 is 1.69 bits per heavy atom.